The van der Waals surface area contributed by atoms with Crippen LogP contribution in [0.3, 0.4) is 0 Å². The molecule has 2 rings (SSSR count). The first kappa shape index (κ1) is 13.3. The number of fused-ring (bicyclic) bond motifs is 1. The molecule has 2 aliphatic rings. The zero-order chi connectivity index (χ0) is 12.0. The molecule has 0 saturated heterocycles. The molecule has 0 aromatic carbocycles. The third kappa shape index (κ3) is 3.36. The molecule has 1 aliphatic heterocycles. The lowest BCUT2D eigenvalue weighted by molar-refractivity contribution is 0.418. The van der Waals surface area contributed by atoms with Gasteiger partial charge >= 0.3 is 0 Å². The average molecular weight is 222 g/mol. The van der Waals surface area contributed by atoms with Crippen molar-refractivity contribution in [3.63, 3.8) is 0 Å². The Hall–Kier alpha value is -0.790. The summed E-state index contributed by atoms with van der Waals surface area (Å²) in [5.41, 5.74) is 5.87. The van der Waals surface area contributed by atoms with E-state index in [0.29, 0.717) is 5.92 Å². The topological polar surface area (TPSA) is 24.4 Å². The van der Waals surface area contributed by atoms with E-state index < -0.39 is 0 Å². The molecule has 0 aromatic rings. The largest absolute Gasteiger partial charge is 0.286 e. The van der Waals surface area contributed by atoms with Gasteiger partial charge in [-0.05, 0) is 37.7 Å². The molecular formula is C14H26N2. The molecule has 2 atom stereocenters. The minimum absolute atomic E-state index is 0.642. The van der Waals surface area contributed by atoms with Crippen molar-refractivity contribution in [1.29, 1.82) is 0 Å². The summed E-state index contributed by atoms with van der Waals surface area (Å²) in [5.74, 6) is 1.54. The second-order valence-electron chi connectivity index (χ2n) is 4.73. The van der Waals surface area contributed by atoms with Crippen LogP contribution in [0.5, 0.6) is 0 Å². The molecule has 1 fully saturated rings. The zero-order valence-electron chi connectivity index (χ0n) is 11.2. The SMILES string of the molecule is CC.CC1=NNC=C2CCC(C)CCCC21. The normalized spacial score (nSPS) is 29.2. The molecule has 0 spiro atoms. The van der Waals surface area contributed by atoms with Crippen LogP contribution in [0.4, 0.5) is 0 Å². The standard InChI is InChI=1S/C12H20N2.C2H6/c1-9-4-3-5-12-10(2)14-13-8-11(12)7-6-9;1-2/h8-9,12-13H,3-7H2,1-2H3;1-2H3. The van der Waals surface area contributed by atoms with Gasteiger partial charge < -0.3 is 0 Å². The number of nitrogens with one attached hydrogen (secondary N) is 1. The lowest BCUT2D eigenvalue weighted by Gasteiger charge is -2.27. The fourth-order valence-corrected chi connectivity index (χ4v) is 2.53. The highest BCUT2D eigenvalue weighted by Gasteiger charge is 2.22. The van der Waals surface area contributed by atoms with Gasteiger partial charge in [0.25, 0.3) is 0 Å². The first-order valence-corrected chi connectivity index (χ1v) is 6.76. The maximum atomic E-state index is 4.30. The van der Waals surface area contributed by atoms with Crippen molar-refractivity contribution < 1.29 is 0 Å². The van der Waals surface area contributed by atoms with E-state index in [0.717, 1.165) is 5.92 Å². The van der Waals surface area contributed by atoms with Crippen LogP contribution >= 0.6 is 0 Å². The van der Waals surface area contributed by atoms with E-state index in [4.69, 9.17) is 0 Å². The number of allylic oxidation sites excluding steroid dienone is 1. The summed E-state index contributed by atoms with van der Waals surface area (Å²) >= 11 is 0. The van der Waals surface area contributed by atoms with E-state index in [1.165, 1.54) is 37.8 Å². The van der Waals surface area contributed by atoms with E-state index in [9.17, 15) is 0 Å². The maximum Gasteiger partial charge on any atom is 0.0423 e. The Morgan fingerprint density at radius 1 is 1.25 bits per heavy atom. The lowest BCUT2D eigenvalue weighted by atomic mass is 9.81. The number of hydrogen-bond acceptors (Lipinski definition) is 2. The number of rotatable bonds is 0. The monoisotopic (exact) mass is 222 g/mol. The van der Waals surface area contributed by atoms with E-state index in [1.807, 2.05) is 13.8 Å². The Bertz CT molecular complexity index is 266. The quantitative estimate of drug-likeness (QED) is 0.656. The third-order valence-electron chi connectivity index (χ3n) is 3.56. The zero-order valence-corrected chi connectivity index (χ0v) is 11.2. The Morgan fingerprint density at radius 3 is 2.75 bits per heavy atom. The fourth-order valence-electron chi connectivity index (χ4n) is 2.53. The number of hydrazone groups is 1. The molecule has 0 aromatic heterocycles. The van der Waals surface area contributed by atoms with Crippen LogP contribution < -0.4 is 5.43 Å². The minimum atomic E-state index is 0.642. The first-order chi connectivity index (χ1) is 7.77. The van der Waals surface area contributed by atoms with E-state index in [1.54, 1.807) is 5.57 Å². The third-order valence-corrected chi connectivity index (χ3v) is 3.56. The summed E-state index contributed by atoms with van der Waals surface area (Å²) in [6.07, 6.45) is 8.77. The van der Waals surface area contributed by atoms with Crippen molar-refractivity contribution in [2.24, 2.45) is 16.9 Å². The summed E-state index contributed by atoms with van der Waals surface area (Å²) < 4.78 is 0. The Balaban J connectivity index is 0.000000606. The predicted octanol–water partition coefficient (Wildman–Crippen LogP) is 4.09. The van der Waals surface area contributed by atoms with Crippen LogP contribution in [0.15, 0.2) is 16.9 Å². The van der Waals surface area contributed by atoms with Gasteiger partial charge in [-0.1, -0.05) is 33.6 Å². The summed E-state index contributed by atoms with van der Waals surface area (Å²) in [5, 5.41) is 4.30. The second-order valence-corrected chi connectivity index (χ2v) is 4.73. The molecule has 1 aliphatic carbocycles. The van der Waals surface area contributed by atoms with Crippen LogP contribution in [0.25, 0.3) is 0 Å². The van der Waals surface area contributed by atoms with Crippen molar-refractivity contribution in [2.75, 3.05) is 0 Å². The Kier molecular flexibility index (Phi) is 5.58. The number of nitrogens with zero attached hydrogens (tertiary/aromatic N) is 1. The summed E-state index contributed by atoms with van der Waals surface area (Å²) in [4.78, 5) is 0. The minimum Gasteiger partial charge on any atom is -0.286 e. The maximum absolute atomic E-state index is 4.30. The van der Waals surface area contributed by atoms with Gasteiger partial charge in [-0.25, -0.2) is 0 Å². The summed E-state index contributed by atoms with van der Waals surface area (Å²) in [7, 11) is 0. The first-order valence-electron chi connectivity index (χ1n) is 6.76. The second kappa shape index (κ2) is 6.72. The van der Waals surface area contributed by atoms with Gasteiger partial charge in [0.15, 0.2) is 0 Å². The van der Waals surface area contributed by atoms with Gasteiger partial charge in [0.2, 0.25) is 0 Å². The van der Waals surface area contributed by atoms with Crippen LogP contribution in [0.2, 0.25) is 0 Å². The highest BCUT2D eigenvalue weighted by atomic mass is 15.3. The van der Waals surface area contributed by atoms with Gasteiger partial charge in [0.1, 0.15) is 0 Å². The van der Waals surface area contributed by atoms with Crippen LogP contribution in [-0.4, -0.2) is 5.71 Å². The average Bonchev–Trinajstić information content (AvgIpc) is 2.29. The molecule has 1 saturated carbocycles. The van der Waals surface area contributed by atoms with Gasteiger partial charge in [0.05, 0.1) is 0 Å². The van der Waals surface area contributed by atoms with E-state index >= 15 is 0 Å². The van der Waals surface area contributed by atoms with Crippen LogP contribution in [-0.2, 0) is 0 Å². The van der Waals surface area contributed by atoms with Crippen molar-refractivity contribution in [3.05, 3.63) is 11.8 Å². The molecule has 2 heteroatoms. The summed E-state index contributed by atoms with van der Waals surface area (Å²) in [6.45, 7) is 8.52. The summed E-state index contributed by atoms with van der Waals surface area (Å²) in [6, 6.07) is 0. The van der Waals surface area contributed by atoms with Crippen LogP contribution in [0, 0.1) is 11.8 Å². The molecule has 16 heavy (non-hydrogen) atoms. The van der Waals surface area contributed by atoms with Gasteiger partial charge in [-0.15, -0.1) is 0 Å². The van der Waals surface area contributed by atoms with Crippen LogP contribution in [0.1, 0.15) is 59.8 Å². The fraction of sp³-hybridized carbons (Fsp3) is 0.786. The molecule has 2 unspecified atom stereocenters. The molecule has 1 heterocycles. The smallest absolute Gasteiger partial charge is 0.0423 e. The van der Waals surface area contributed by atoms with Crippen molar-refractivity contribution in [3.8, 4) is 0 Å². The van der Waals surface area contributed by atoms with Crippen molar-refractivity contribution in [1.82, 2.24) is 5.43 Å². The van der Waals surface area contributed by atoms with Gasteiger partial charge in [-0.3, -0.25) is 5.43 Å². The highest BCUT2D eigenvalue weighted by Crippen LogP contribution is 2.31. The molecule has 92 valence electrons. The Labute approximate surface area is 100 Å². The van der Waals surface area contributed by atoms with E-state index in [-0.39, 0.29) is 0 Å². The molecule has 2 nitrogen and oxygen atoms in total. The molecule has 1 N–H and O–H groups in total. The number of hydrogen-bond donors (Lipinski definition) is 1. The molecule has 0 radical (unpaired) electrons. The van der Waals surface area contributed by atoms with Crippen molar-refractivity contribution in [2.45, 2.75) is 59.8 Å². The van der Waals surface area contributed by atoms with Gasteiger partial charge in [-0.2, -0.15) is 5.10 Å². The highest BCUT2D eigenvalue weighted by molar-refractivity contribution is 5.87. The van der Waals surface area contributed by atoms with Crippen molar-refractivity contribution >= 4 is 5.71 Å². The predicted molar refractivity (Wildman–Crippen MR) is 71.4 cm³/mol. The lowest BCUT2D eigenvalue weighted by Crippen LogP contribution is -2.24. The molecular weight excluding hydrogens is 196 g/mol. The Morgan fingerprint density at radius 2 is 2.00 bits per heavy atom. The molecule has 0 amide bonds. The molecule has 0 bridgehead atoms. The van der Waals surface area contributed by atoms with E-state index in [2.05, 4.69) is 30.6 Å². The van der Waals surface area contributed by atoms with Gasteiger partial charge in [0, 0.05) is 17.8 Å².